The van der Waals surface area contributed by atoms with Gasteiger partial charge >= 0.3 is 11.9 Å². The molecule has 0 spiro atoms. The number of rotatable bonds is 34. The summed E-state index contributed by atoms with van der Waals surface area (Å²) < 4.78 is 11.2. The predicted molar refractivity (Wildman–Crippen MR) is 201 cm³/mol. The van der Waals surface area contributed by atoms with E-state index in [4.69, 9.17) is 9.47 Å². The van der Waals surface area contributed by atoms with Crippen molar-refractivity contribution in [3.05, 3.63) is 24.3 Å². The summed E-state index contributed by atoms with van der Waals surface area (Å²) >= 11 is 0. The van der Waals surface area contributed by atoms with Crippen LogP contribution in [0.4, 0.5) is 0 Å². The zero-order valence-corrected chi connectivity index (χ0v) is 31.2. The second kappa shape index (κ2) is 34.3. The molecule has 1 fully saturated rings. The summed E-state index contributed by atoms with van der Waals surface area (Å²) in [7, 11) is 0. The Morgan fingerprint density at radius 3 is 1.11 bits per heavy atom. The molecule has 0 bridgehead atoms. The van der Waals surface area contributed by atoms with Crippen molar-refractivity contribution in [2.75, 3.05) is 26.3 Å². The molecule has 1 aliphatic rings. The monoisotopic (exact) mass is 660 g/mol. The summed E-state index contributed by atoms with van der Waals surface area (Å²) in [5.41, 5.74) is 0. The Morgan fingerprint density at radius 1 is 0.468 bits per heavy atom. The van der Waals surface area contributed by atoms with Crippen LogP contribution in [0.5, 0.6) is 0 Å². The topological polar surface area (TPSA) is 64.6 Å². The molecule has 1 saturated heterocycles. The lowest BCUT2D eigenvalue weighted by Crippen LogP contribution is -2.25. The molecule has 5 heteroatoms. The lowest BCUT2D eigenvalue weighted by atomic mass is 9.98. The van der Waals surface area contributed by atoms with Crippen LogP contribution in [0.2, 0.25) is 0 Å². The van der Waals surface area contributed by atoms with Gasteiger partial charge in [0.2, 0.25) is 0 Å². The van der Waals surface area contributed by atoms with Gasteiger partial charge in [0.25, 0.3) is 0 Å². The summed E-state index contributed by atoms with van der Waals surface area (Å²) in [6.45, 7) is 7.02. The van der Waals surface area contributed by atoms with Gasteiger partial charge in [-0.15, -0.1) is 0 Å². The van der Waals surface area contributed by atoms with Crippen LogP contribution < -0.4 is 5.32 Å². The van der Waals surface area contributed by atoms with E-state index < -0.39 is 0 Å². The fraction of sp³-hybridized carbons (Fsp3) is 0.857. The first-order chi connectivity index (χ1) is 23.2. The number of ether oxygens (including phenoxy) is 2. The lowest BCUT2D eigenvalue weighted by molar-refractivity contribution is -0.149. The molecule has 5 nitrogen and oxygen atoms in total. The van der Waals surface area contributed by atoms with E-state index in [1.165, 1.54) is 141 Å². The molecule has 0 radical (unpaired) electrons. The number of allylic oxidation sites excluding steroid dienone is 4. The molecule has 0 unspecified atom stereocenters. The van der Waals surface area contributed by atoms with Crippen molar-refractivity contribution < 1.29 is 19.1 Å². The van der Waals surface area contributed by atoms with Gasteiger partial charge in [-0.1, -0.05) is 141 Å². The van der Waals surface area contributed by atoms with Crippen LogP contribution in [-0.4, -0.2) is 38.2 Å². The SMILES string of the molecule is CCCCCCCCC=CCCCCCCCC(=O)OC[C@@H]1CNC[C@H]1COC(=O)CCCCCCCC=CCCCCCCCC. The van der Waals surface area contributed by atoms with Crippen molar-refractivity contribution in [3.63, 3.8) is 0 Å². The Morgan fingerprint density at radius 2 is 0.766 bits per heavy atom. The Kier molecular flexibility index (Phi) is 31.6. The first-order valence-electron chi connectivity index (χ1n) is 20.5. The second-order valence-electron chi connectivity index (χ2n) is 14.2. The molecule has 0 aromatic carbocycles. The van der Waals surface area contributed by atoms with Gasteiger partial charge in [-0.3, -0.25) is 9.59 Å². The van der Waals surface area contributed by atoms with Crippen LogP contribution in [0, 0.1) is 11.8 Å². The Balaban J connectivity index is 1.93. The Hall–Kier alpha value is -1.62. The minimum absolute atomic E-state index is 0.0885. The van der Waals surface area contributed by atoms with Gasteiger partial charge in [-0.25, -0.2) is 0 Å². The number of unbranched alkanes of at least 4 members (excludes halogenated alkanes) is 22. The minimum atomic E-state index is -0.0885. The summed E-state index contributed by atoms with van der Waals surface area (Å²) in [6.07, 6.45) is 43.0. The van der Waals surface area contributed by atoms with Crippen molar-refractivity contribution in [1.82, 2.24) is 5.32 Å². The van der Waals surface area contributed by atoms with Crippen LogP contribution in [0.15, 0.2) is 24.3 Å². The largest absolute Gasteiger partial charge is 0.465 e. The molecule has 1 rings (SSSR count). The van der Waals surface area contributed by atoms with E-state index in [0.29, 0.717) is 26.1 Å². The van der Waals surface area contributed by atoms with Gasteiger partial charge in [-0.05, 0) is 64.2 Å². The fourth-order valence-electron chi connectivity index (χ4n) is 6.40. The molecule has 1 N–H and O–H groups in total. The molecular weight excluding hydrogens is 582 g/mol. The standard InChI is InChI=1S/C42H77NO4/c1-3-5-7-9-11-13-15-17-19-21-23-25-27-29-31-33-41(44)46-37-39-35-43-36-40(39)38-47-42(45)34-32-30-28-26-24-22-20-18-16-14-12-10-8-6-4-2/h17-20,39-40,43H,3-16,21-38H2,1-2H3/t39-,40-/m0/s1. The van der Waals surface area contributed by atoms with Crippen molar-refractivity contribution >= 4 is 11.9 Å². The number of nitrogens with one attached hydrogen (secondary N) is 1. The van der Waals surface area contributed by atoms with Gasteiger partial charge in [0.1, 0.15) is 0 Å². The van der Waals surface area contributed by atoms with E-state index in [9.17, 15) is 9.59 Å². The maximum atomic E-state index is 12.3. The third kappa shape index (κ3) is 29.1. The highest BCUT2D eigenvalue weighted by Crippen LogP contribution is 2.19. The number of hydrogen-bond donors (Lipinski definition) is 1. The van der Waals surface area contributed by atoms with Crippen LogP contribution in [-0.2, 0) is 19.1 Å². The zero-order valence-electron chi connectivity index (χ0n) is 31.2. The van der Waals surface area contributed by atoms with Crippen molar-refractivity contribution in [1.29, 1.82) is 0 Å². The van der Waals surface area contributed by atoms with Gasteiger partial charge in [0, 0.05) is 37.8 Å². The van der Waals surface area contributed by atoms with E-state index in [0.717, 1.165) is 38.8 Å². The van der Waals surface area contributed by atoms with E-state index in [-0.39, 0.29) is 23.8 Å². The third-order valence-electron chi connectivity index (χ3n) is 9.68. The molecule has 0 aliphatic carbocycles. The molecule has 47 heavy (non-hydrogen) atoms. The molecule has 0 saturated carbocycles. The van der Waals surface area contributed by atoms with Gasteiger partial charge in [0.15, 0.2) is 0 Å². The third-order valence-corrected chi connectivity index (χ3v) is 9.68. The predicted octanol–water partition coefficient (Wildman–Crippen LogP) is 12.0. The quantitative estimate of drug-likeness (QED) is 0.0423. The summed E-state index contributed by atoms with van der Waals surface area (Å²) in [4.78, 5) is 24.6. The fourth-order valence-corrected chi connectivity index (χ4v) is 6.40. The van der Waals surface area contributed by atoms with Crippen LogP contribution in [0.1, 0.15) is 194 Å². The van der Waals surface area contributed by atoms with Gasteiger partial charge in [-0.2, -0.15) is 0 Å². The van der Waals surface area contributed by atoms with Crippen LogP contribution >= 0.6 is 0 Å². The zero-order chi connectivity index (χ0) is 33.9. The Bertz CT molecular complexity index is 702. The lowest BCUT2D eigenvalue weighted by Gasteiger charge is -2.18. The van der Waals surface area contributed by atoms with E-state index in [1.807, 2.05) is 0 Å². The molecular formula is C42H77NO4. The molecule has 1 aliphatic heterocycles. The summed E-state index contributed by atoms with van der Waals surface area (Å²) in [5.74, 6) is 0.269. The maximum Gasteiger partial charge on any atom is 0.305 e. The van der Waals surface area contributed by atoms with Crippen molar-refractivity contribution in [3.8, 4) is 0 Å². The highest BCUT2D eigenvalue weighted by molar-refractivity contribution is 5.69. The molecule has 0 amide bonds. The van der Waals surface area contributed by atoms with Crippen molar-refractivity contribution in [2.45, 2.75) is 194 Å². The summed E-state index contributed by atoms with van der Waals surface area (Å²) in [6, 6.07) is 0. The van der Waals surface area contributed by atoms with Gasteiger partial charge < -0.3 is 14.8 Å². The smallest absolute Gasteiger partial charge is 0.305 e. The second-order valence-corrected chi connectivity index (χ2v) is 14.2. The molecule has 1 heterocycles. The normalized spacial score (nSPS) is 16.5. The average molecular weight is 660 g/mol. The first kappa shape index (κ1) is 43.4. The van der Waals surface area contributed by atoms with Crippen LogP contribution in [0.3, 0.4) is 0 Å². The highest BCUT2D eigenvalue weighted by atomic mass is 16.5. The van der Waals surface area contributed by atoms with E-state index in [2.05, 4.69) is 43.5 Å². The van der Waals surface area contributed by atoms with Gasteiger partial charge in [0.05, 0.1) is 13.2 Å². The van der Waals surface area contributed by atoms with Crippen LogP contribution in [0.25, 0.3) is 0 Å². The average Bonchev–Trinajstić information content (AvgIpc) is 3.53. The number of carbonyl (C=O) groups is 2. The number of carbonyl (C=O) groups excluding carboxylic acids is 2. The molecule has 0 aromatic rings. The molecule has 274 valence electrons. The highest BCUT2D eigenvalue weighted by Gasteiger charge is 2.29. The van der Waals surface area contributed by atoms with E-state index in [1.54, 1.807) is 0 Å². The minimum Gasteiger partial charge on any atom is -0.465 e. The molecule has 0 aromatic heterocycles. The van der Waals surface area contributed by atoms with E-state index >= 15 is 0 Å². The number of hydrogen-bond acceptors (Lipinski definition) is 5. The number of esters is 2. The summed E-state index contributed by atoms with van der Waals surface area (Å²) in [5, 5.41) is 3.38. The molecule has 2 atom stereocenters. The van der Waals surface area contributed by atoms with Crippen molar-refractivity contribution in [2.24, 2.45) is 11.8 Å². The maximum absolute atomic E-state index is 12.3. The first-order valence-corrected chi connectivity index (χ1v) is 20.5. The Labute approximate surface area is 291 Å².